The van der Waals surface area contributed by atoms with Crippen LogP contribution in [0, 0.1) is 11.3 Å². The van der Waals surface area contributed by atoms with E-state index in [9.17, 15) is 14.4 Å². The van der Waals surface area contributed by atoms with E-state index in [0.29, 0.717) is 10.5 Å². The molecule has 1 N–H and O–H groups in total. The number of carbonyl (C=O) groups excluding carboxylic acids is 2. The largest absolute Gasteiger partial charge is 0.480 e. The molecule has 0 aromatic heterocycles. The summed E-state index contributed by atoms with van der Waals surface area (Å²) in [5.74, 6) is -2.69. The fraction of sp³-hybridized carbons (Fsp3) is 0.333. The van der Waals surface area contributed by atoms with Crippen LogP contribution >= 0.6 is 0 Å². The van der Waals surface area contributed by atoms with Gasteiger partial charge in [0.05, 0.1) is 0 Å². The van der Waals surface area contributed by atoms with Crippen LogP contribution in [-0.2, 0) is 14.4 Å². The lowest BCUT2D eigenvalue weighted by Crippen LogP contribution is -2.44. The third-order valence-electron chi connectivity index (χ3n) is 2.01. The van der Waals surface area contributed by atoms with Crippen molar-refractivity contribution in [3.8, 4) is 6.07 Å². The van der Waals surface area contributed by atoms with Crippen LogP contribution in [0.4, 0.5) is 0 Å². The zero-order valence-electron chi connectivity index (χ0n) is 7.98. The first kappa shape index (κ1) is 10.9. The van der Waals surface area contributed by atoms with Gasteiger partial charge in [0, 0.05) is 6.42 Å². The Balaban J connectivity index is 3.05. The van der Waals surface area contributed by atoms with E-state index < -0.39 is 24.3 Å². The SMILES string of the molecule is CC1=C(C#N)C(=O)N(CC(=O)O)C(=O)C1. The summed E-state index contributed by atoms with van der Waals surface area (Å²) in [6, 6.07) is 1.67. The van der Waals surface area contributed by atoms with Gasteiger partial charge in [-0.1, -0.05) is 0 Å². The van der Waals surface area contributed by atoms with E-state index in [1.807, 2.05) is 0 Å². The summed E-state index contributed by atoms with van der Waals surface area (Å²) < 4.78 is 0. The summed E-state index contributed by atoms with van der Waals surface area (Å²) in [6.45, 7) is 0.808. The van der Waals surface area contributed by atoms with Crippen molar-refractivity contribution >= 4 is 17.8 Å². The number of nitriles is 1. The number of amides is 2. The molecule has 1 aliphatic rings. The number of carboxylic acid groups (broad SMARTS) is 1. The van der Waals surface area contributed by atoms with E-state index in [1.165, 1.54) is 6.92 Å². The van der Waals surface area contributed by atoms with Gasteiger partial charge in [0.25, 0.3) is 5.91 Å². The number of carboxylic acids is 1. The monoisotopic (exact) mass is 208 g/mol. The van der Waals surface area contributed by atoms with Crippen molar-refractivity contribution in [2.24, 2.45) is 0 Å². The number of imide groups is 1. The van der Waals surface area contributed by atoms with Crippen molar-refractivity contribution < 1.29 is 19.5 Å². The molecule has 15 heavy (non-hydrogen) atoms. The molecule has 0 fully saturated rings. The summed E-state index contributed by atoms with van der Waals surface area (Å²) in [7, 11) is 0. The molecule has 0 radical (unpaired) electrons. The van der Waals surface area contributed by atoms with Gasteiger partial charge in [0.1, 0.15) is 18.2 Å². The standard InChI is InChI=1S/C9H8N2O4/c1-5-2-7(12)11(4-8(13)14)9(15)6(5)3-10/h2,4H2,1H3,(H,13,14). The number of rotatable bonds is 2. The van der Waals surface area contributed by atoms with E-state index in [1.54, 1.807) is 6.07 Å². The van der Waals surface area contributed by atoms with E-state index in [0.717, 1.165) is 0 Å². The highest BCUT2D eigenvalue weighted by atomic mass is 16.4. The maximum Gasteiger partial charge on any atom is 0.323 e. The fourth-order valence-electron chi connectivity index (χ4n) is 1.28. The van der Waals surface area contributed by atoms with Crippen molar-refractivity contribution in [3.63, 3.8) is 0 Å². The Morgan fingerprint density at radius 1 is 1.60 bits per heavy atom. The molecule has 0 saturated carbocycles. The van der Waals surface area contributed by atoms with Gasteiger partial charge in [0.2, 0.25) is 5.91 Å². The zero-order chi connectivity index (χ0) is 11.6. The van der Waals surface area contributed by atoms with Crippen LogP contribution < -0.4 is 0 Å². The molecule has 6 heteroatoms. The number of carbonyl (C=O) groups is 3. The third-order valence-corrected chi connectivity index (χ3v) is 2.01. The molecule has 0 spiro atoms. The molecule has 78 valence electrons. The topological polar surface area (TPSA) is 98.5 Å². The summed E-state index contributed by atoms with van der Waals surface area (Å²) in [6.07, 6.45) is -0.0814. The second-order valence-electron chi connectivity index (χ2n) is 3.12. The highest BCUT2D eigenvalue weighted by molar-refractivity contribution is 6.11. The smallest absolute Gasteiger partial charge is 0.323 e. The maximum absolute atomic E-state index is 11.5. The number of hydrogen-bond acceptors (Lipinski definition) is 4. The van der Waals surface area contributed by atoms with Crippen molar-refractivity contribution in [2.75, 3.05) is 6.54 Å². The number of nitrogens with zero attached hydrogens (tertiary/aromatic N) is 2. The van der Waals surface area contributed by atoms with Crippen LogP contribution in [0.1, 0.15) is 13.3 Å². The molecule has 0 bridgehead atoms. The Morgan fingerprint density at radius 2 is 2.20 bits per heavy atom. The molecular formula is C9H8N2O4. The summed E-state index contributed by atoms with van der Waals surface area (Å²) in [5.41, 5.74) is 0.241. The first-order valence-corrected chi connectivity index (χ1v) is 4.13. The van der Waals surface area contributed by atoms with E-state index in [4.69, 9.17) is 10.4 Å². The first-order chi connectivity index (χ1) is 6.97. The molecule has 0 aromatic carbocycles. The van der Waals surface area contributed by atoms with Crippen LogP contribution in [0.2, 0.25) is 0 Å². The Hall–Kier alpha value is -2.16. The Bertz CT molecular complexity index is 416. The summed E-state index contributed by atoms with van der Waals surface area (Å²) in [4.78, 5) is 33.8. The lowest BCUT2D eigenvalue weighted by Gasteiger charge is -2.23. The minimum atomic E-state index is -1.28. The van der Waals surface area contributed by atoms with Crippen LogP contribution in [0.3, 0.4) is 0 Å². The minimum absolute atomic E-state index is 0.0814. The molecule has 2 amide bonds. The van der Waals surface area contributed by atoms with Crippen LogP contribution in [-0.4, -0.2) is 34.3 Å². The van der Waals surface area contributed by atoms with Gasteiger partial charge in [-0.15, -0.1) is 0 Å². The Morgan fingerprint density at radius 3 is 2.67 bits per heavy atom. The van der Waals surface area contributed by atoms with Crippen molar-refractivity contribution in [2.45, 2.75) is 13.3 Å². The quantitative estimate of drug-likeness (QED) is 0.626. The fourth-order valence-corrected chi connectivity index (χ4v) is 1.28. The van der Waals surface area contributed by atoms with Gasteiger partial charge >= 0.3 is 5.97 Å². The average molecular weight is 208 g/mol. The van der Waals surface area contributed by atoms with Crippen LogP contribution in [0.15, 0.2) is 11.1 Å². The zero-order valence-corrected chi connectivity index (χ0v) is 7.98. The lowest BCUT2D eigenvalue weighted by molar-refractivity contribution is -0.151. The molecule has 0 saturated heterocycles. The molecule has 0 atom stereocenters. The van der Waals surface area contributed by atoms with Crippen molar-refractivity contribution in [1.82, 2.24) is 4.90 Å². The van der Waals surface area contributed by atoms with Crippen molar-refractivity contribution in [3.05, 3.63) is 11.1 Å². The molecule has 0 aliphatic carbocycles. The predicted molar refractivity (Wildman–Crippen MR) is 47.3 cm³/mol. The number of aliphatic carboxylic acids is 1. The molecule has 1 aliphatic heterocycles. The maximum atomic E-state index is 11.5. The number of hydrogen-bond donors (Lipinski definition) is 1. The third kappa shape index (κ3) is 2.02. The minimum Gasteiger partial charge on any atom is -0.480 e. The molecule has 1 heterocycles. The van der Waals surface area contributed by atoms with Gasteiger partial charge < -0.3 is 5.11 Å². The highest BCUT2D eigenvalue weighted by Gasteiger charge is 2.32. The molecule has 1 rings (SSSR count). The molecule has 0 unspecified atom stereocenters. The highest BCUT2D eigenvalue weighted by Crippen LogP contribution is 2.18. The summed E-state index contributed by atoms with van der Waals surface area (Å²) in [5, 5.41) is 17.1. The second kappa shape index (κ2) is 3.92. The average Bonchev–Trinajstić information content (AvgIpc) is 2.12. The Kier molecular flexibility index (Phi) is 2.85. The van der Waals surface area contributed by atoms with Gasteiger partial charge in [-0.25, -0.2) is 0 Å². The van der Waals surface area contributed by atoms with Gasteiger partial charge in [0.15, 0.2) is 0 Å². The molecule has 0 aromatic rings. The summed E-state index contributed by atoms with van der Waals surface area (Å²) >= 11 is 0. The normalized spacial score (nSPS) is 16.7. The molecular weight excluding hydrogens is 200 g/mol. The molecule has 6 nitrogen and oxygen atoms in total. The van der Waals surface area contributed by atoms with E-state index >= 15 is 0 Å². The lowest BCUT2D eigenvalue weighted by atomic mass is 10.0. The second-order valence-corrected chi connectivity index (χ2v) is 3.12. The van der Waals surface area contributed by atoms with Crippen LogP contribution in [0.25, 0.3) is 0 Å². The predicted octanol–water partition coefficient (Wildman–Crippen LogP) is -0.330. The van der Waals surface area contributed by atoms with Gasteiger partial charge in [-0.05, 0) is 12.5 Å². The van der Waals surface area contributed by atoms with Crippen LogP contribution in [0.5, 0.6) is 0 Å². The Labute approximate surface area is 85.4 Å². The van der Waals surface area contributed by atoms with Gasteiger partial charge in [-0.3, -0.25) is 19.3 Å². The van der Waals surface area contributed by atoms with E-state index in [2.05, 4.69) is 0 Å². The van der Waals surface area contributed by atoms with Crippen molar-refractivity contribution in [1.29, 1.82) is 5.26 Å². The van der Waals surface area contributed by atoms with E-state index in [-0.39, 0.29) is 12.0 Å². The van der Waals surface area contributed by atoms with Gasteiger partial charge in [-0.2, -0.15) is 5.26 Å². The first-order valence-electron chi connectivity index (χ1n) is 4.13.